The number of nitrogens with zero attached hydrogens (tertiary/aromatic N) is 3. The summed E-state index contributed by atoms with van der Waals surface area (Å²) in [4.78, 5) is 23.0. The summed E-state index contributed by atoms with van der Waals surface area (Å²) in [5, 5.41) is 15.8. The zero-order chi connectivity index (χ0) is 26.5. The number of hydrazone groups is 1. The van der Waals surface area contributed by atoms with Gasteiger partial charge in [-0.3, -0.25) is 19.2 Å². The second-order valence-electron chi connectivity index (χ2n) is 7.34. The van der Waals surface area contributed by atoms with E-state index in [4.69, 9.17) is 27.9 Å². The summed E-state index contributed by atoms with van der Waals surface area (Å²) in [6.07, 6.45) is 1.23. The van der Waals surface area contributed by atoms with Crippen LogP contribution >= 0.6 is 23.2 Å². The van der Waals surface area contributed by atoms with Crippen molar-refractivity contribution in [2.24, 2.45) is 5.10 Å². The number of methoxy groups -OCH3 is 1. The number of carbonyl (C=O) groups is 1. The predicted octanol–water partition coefficient (Wildman–Crippen LogP) is 4.56. The molecule has 1 N–H and O–H groups in total. The minimum Gasteiger partial charge on any atom is -0.497 e. The fraction of sp³-hybridized carbons (Fsp3) is 0.130. The molecule has 0 aliphatic rings. The van der Waals surface area contributed by atoms with Crippen LogP contribution < -0.4 is 14.5 Å². The smallest absolute Gasteiger partial charge is 0.273 e. The fourth-order valence-corrected chi connectivity index (χ4v) is 5.04. The number of anilines is 1. The standard InChI is InChI=1S/C23H20Cl2N4O6S/c1-15-6-11-18(12-22(15)29(31)32)36(33,34)28(16-7-9-17(35-2)10-8-16)14-23(30)27-26-13-19-20(24)4-3-5-21(19)25/h3-13H,14H2,1-2H3,(H,27,30)/b26-13-. The normalized spacial score (nSPS) is 11.3. The van der Waals surface area contributed by atoms with Gasteiger partial charge in [-0.1, -0.05) is 35.3 Å². The van der Waals surface area contributed by atoms with Crippen molar-refractivity contribution in [2.75, 3.05) is 18.0 Å². The summed E-state index contributed by atoms with van der Waals surface area (Å²) < 4.78 is 32.9. The summed E-state index contributed by atoms with van der Waals surface area (Å²) in [5.74, 6) is -0.317. The molecule has 0 fully saturated rings. The highest BCUT2D eigenvalue weighted by molar-refractivity contribution is 7.92. The van der Waals surface area contributed by atoms with Crippen LogP contribution in [-0.4, -0.2) is 39.1 Å². The number of amides is 1. The van der Waals surface area contributed by atoms with Crippen LogP contribution in [0, 0.1) is 17.0 Å². The van der Waals surface area contributed by atoms with Crippen LogP contribution in [-0.2, 0) is 14.8 Å². The number of carbonyl (C=O) groups excluding carboxylic acids is 1. The van der Waals surface area contributed by atoms with E-state index >= 15 is 0 Å². The number of rotatable bonds is 9. The number of ether oxygens (including phenoxy) is 1. The van der Waals surface area contributed by atoms with E-state index in [9.17, 15) is 23.3 Å². The summed E-state index contributed by atoms with van der Waals surface area (Å²) in [6.45, 7) is 0.816. The van der Waals surface area contributed by atoms with E-state index in [0.717, 1.165) is 10.4 Å². The number of nitrogens with one attached hydrogen (secondary N) is 1. The van der Waals surface area contributed by atoms with E-state index in [2.05, 4.69) is 10.5 Å². The number of sulfonamides is 1. The number of halogens is 2. The number of aryl methyl sites for hydroxylation is 1. The van der Waals surface area contributed by atoms with Crippen LogP contribution in [0.2, 0.25) is 10.0 Å². The van der Waals surface area contributed by atoms with Gasteiger partial charge in [0.25, 0.3) is 21.6 Å². The van der Waals surface area contributed by atoms with Crippen LogP contribution in [0.4, 0.5) is 11.4 Å². The Hall–Kier alpha value is -3.67. The second-order valence-corrected chi connectivity index (χ2v) is 10.0. The average molecular weight is 551 g/mol. The Morgan fingerprint density at radius 3 is 2.36 bits per heavy atom. The Bertz CT molecular complexity index is 1410. The molecule has 36 heavy (non-hydrogen) atoms. The van der Waals surface area contributed by atoms with Gasteiger partial charge in [0.2, 0.25) is 0 Å². The molecule has 0 saturated carbocycles. The van der Waals surface area contributed by atoms with Gasteiger partial charge in [0.15, 0.2) is 0 Å². The molecule has 3 rings (SSSR count). The highest BCUT2D eigenvalue weighted by Gasteiger charge is 2.29. The molecule has 0 aliphatic heterocycles. The van der Waals surface area contributed by atoms with E-state index in [-0.39, 0.29) is 16.3 Å². The van der Waals surface area contributed by atoms with E-state index < -0.39 is 27.4 Å². The van der Waals surface area contributed by atoms with Gasteiger partial charge in [-0.2, -0.15) is 5.10 Å². The Balaban J connectivity index is 1.94. The van der Waals surface area contributed by atoms with Crippen LogP contribution in [0.1, 0.15) is 11.1 Å². The molecule has 0 radical (unpaired) electrons. The van der Waals surface area contributed by atoms with Gasteiger partial charge in [0, 0.05) is 17.2 Å². The van der Waals surface area contributed by atoms with Crippen molar-refractivity contribution in [2.45, 2.75) is 11.8 Å². The van der Waals surface area contributed by atoms with Crippen LogP contribution in [0.15, 0.2) is 70.7 Å². The monoisotopic (exact) mass is 550 g/mol. The van der Waals surface area contributed by atoms with Crippen molar-refractivity contribution in [3.05, 3.63) is 92.0 Å². The van der Waals surface area contributed by atoms with Crippen LogP contribution in [0.3, 0.4) is 0 Å². The largest absolute Gasteiger partial charge is 0.497 e. The van der Waals surface area contributed by atoms with E-state index in [1.807, 2.05) is 0 Å². The van der Waals surface area contributed by atoms with Gasteiger partial charge >= 0.3 is 0 Å². The molecule has 0 saturated heterocycles. The first-order valence-electron chi connectivity index (χ1n) is 10.2. The molecule has 13 heteroatoms. The van der Waals surface area contributed by atoms with Crippen LogP contribution in [0.5, 0.6) is 5.75 Å². The molecule has 1 amide bonds. The number of benzene rings is 3. The van der Waals surface area contributed by atoms with Crippen molar-refractivity contribution in [3.63, 3.8) is 0 Å². The maximum absolute atomic E-state index is 13.5. The van der Waals surface area contributed by atoms with Gasteiger partial charge in [0.05, 0.1) is 38.9 Å². The maximum Gasteiger partial charge on any atom is 0.273 e. The molecule has 0 heterocycles. The zero-order valence-electron chi connectivity index (χ0n) is 19.0. The third-order valence-electron chi connectivity index (χ3n) is 5.00. The topological polar surface area (TPSA) is 131 Å². The highest BCUT2D eigenvalue weighted by Crippen LogP contribution is 2.29. The first-order chi connectivity index (χ1) is 17.0. The van der Waals surface area contributed by atoms with E-state index in [0.29, 0.717) is 26.9 Å². The van der Waals surface area contributed by atoms with Gasteiger partial charge < -0.3 is 4.74 Å². The summed E-state index contributed by atoms with van der Waals surface area (Å²) in [7, 11) is -2.95. The molecule has 10 nitrogen and oxygen atoms in total. The number of hydrogen-bond acceptors (Lipinski definition) is 7. The lowest BCUT2D eigenvalue weighted by atomic mass is 10.2. The first kappa shape index (κ1) is 26.9. The molecule has 188 valence electrons. The molecule has 0 aromatic heterocycles. The Morgan fingerprint density at radius 2 is 1.78 bits per heavy atom. The van der Waals surface area contributed by atoms with Gasteiger partial charge in [0.1, 0.15) is 12.3 Å². The molecule has 3 aromatic rings. The van der Waals surface area contributed by atoms with Crippen molar-refractivity contribution in [3.8, 4) is 5.75 Å². The van der Waals surface area contributed by atoms with Crippen molar-refractivity contribution < 1.29 is 22.9 Å². The summed E-state index contributed by atoms with van der Waals surface area (Å²) in [6, 6.07) is 14.3. The molecule has 0 aliphatic carbocycles. The van der Waals surface area contributed by atoms with Gasteiger partial charge in [-0.05, 0) is 49.4 Å². The lowest BCUT2D eigenvalue weighted by molar-refractivity contribution is -0.385. The minimum absolute atomic E-state index is 0.132. The Morgan fingerprint density at radius 1 is 1.14 bits per heavy atom. The van der Waals surface area contributed by atoms with Gasteiger partial charge in [-0.25, -0.2) is 13.8 Å². The van der Waals surface area contributed by atoms with Gasteiger partial charge in [-0.15, -0.1) is 0 Å². The fourth-order valence-electron chi connectivity index (χ4n) is 3.11. The third kappa shape index (κ3) is 6.11. The lowest BCUT2D eigenvalue weighted by Gasteiger charge is -2.24. The number of nitro benzene ring substituents is 1. The lowest BCUT2D eigenvalue weighted by Crippen LogP contribution is -2.39. The summed E-state index contributed by atoms with van der Waals surface area (Å²) >= 11 is 12.1. The zero-order valence-corrected chi connectivity index (χ0v) is 21.3. The quantitative estimate of drug-likeness (QED) is 0.236. The minimum atomic E-state index is -4.40. The molecule has 0 unspecified atom stereocenters. The SMILES string of the molecule is COc1ccc(N(CC(=O)N/N=C\c2c(Cl)cccc2Cl)S(=O)(=O)c2ccc(C)c([N+](=O)[O-])c2)cc1. The molecule has 3 aromatic carbocycles. The highest BCUT2D eigenvalue weighted by atomic mass is 35.5. The van der Waals surface area contributed by atoms with E-state index in [1.165, 1.54) is 56.6 Å². The maximum atomic E-state index is 13.5. The van der Waals surface area contributed by atoms with E-state index in [1.54, 1.807) is 18.2 Å². The van der Waals surface area contributed by atoms with Crippen molar-refractivity contribution in [1.82, 2.24) is 5.43 Å². The average Bonchev–Trinajstić information content (AvgIpc) is 2.84. The van der Waals surface area contributed by atoms with Crippen molar-refractivity contribution >= 4 is 56.7 Å². The predicted molar refractivity (Wildman–Crippen MR) is 138 cm³/mol. The third-order valence-corrected chi connectivity index (χ3v) is 7.42. The van der Waals surface area contributed by atoms with Crippen LogP contribution in [0.25, 0.3) is 0 Å². The molecule has 0 bridgehead atoms. The molecular weight excluding hydrogens is 531 g/mol. The second kappa shape index (κ2) is 11.4. The Kier molecular flexibility index (Phi) is 8.51. The Labute approximate surface area is 217 Å². The first-order valence-corrected chi connectivity index (χ1v) is 12.4. The molecule has 0 spiro atoms. The summed E-state index contributed by atoms with van der Waals surface area (Å²) in [5.41, 5.74) is 2.67. The molecular formula is C23H20Cl2N4O6S. The van der Waals surface area contributed by atoms with Crippen molar-refractivity contribution in [1.29, 1.82) is 0 Å². The number of nitro groups is 1. The molecule has 0 atom stereocenters. The number of hydrogen-bond donors (Lipinski definition) is 1.